The lowest BCUT2D eigenvalue weighted by Crippen LogP contribution is -2.31. The number of fused-ring (bicyclic) bond motifs is 1. The molecule has 0 bridgehead atoms. The van der Waals surface area contributed by atoms with Crippen molar-refractivity contribution in [1.82, 2.24) is 14.9 Å². The first-order chi connectivity index (χ1) is 19.6. The summed E-state index contributed by atoms with van der Waals surface area (Å²) in [6, 6.07) is 15.6. The van der Waals surface area contributed by atoms with Crippen LogP contribution in [0.2, 0.25) is 0 Å². The Balaban J connectivity index is 1.82. The van der Waals surface area contributed by atoms with Crippen LogP contribution in [-0.4, -0.2) is 41.4 Å². The lowest BCUT2D eigenvalue weighted by Gasteiger charge is -2.19. The van der Waals surface area contributed by atoms with Gasteiger partial charge in [-0.15, -0.1) is 5.10 Å². The number of pyridine rings is 2. The second kappa shape index (κ2) is 11.8. The van der Waals surface area contributed by atoms with Crippen LogP contribution < -0.4 is 16.5 Å². The number of hydrogen-bond acceptors (Lipinski definition) is 7. The summed E-state index contributed by atoms with van der Waals surface area (Å²) in [4.78, 5) is 43.2. The molecule has 11 nitrogen and oxygen atoms in total. The molecule has 0 saturated carbocycles. The number of ether oxygens (including phenoxy) is 1. The molecule has 41 heavy (non-hydrogen) atoms. The molecule has 4 aromatic rings. The van der Waals surface area contributed by atoms with Crippen LogP contribution in [0.15, 0.2) is 87.0 Å². The first-order valence-corrected chi connectivity index (χ1v) is 11.9. The van der Waals surface area contributed by atoms with Gasteiger partial charge in [0.1, 0.15) is 17.0 Å². The highest BCUT2D eigenvalue weighted by atomic mass is 19.4. The molecule has 0 radical (unpaired) electrons. The average molecular weight is 566 g/mol. The molecule has 0 fully saturated rings. The number of hydrogen-bond donors (Lipinski definition) is 2. The Hall–Kier alpha value is -5.40. The highest BCUT2D eigenvalue weighted by molar-refractivity contribution is 6.00. The third-order valence-corrected chi connectivity index (χ3v) is 5.91. The Morgan fingerprint density at radius 3 is 2.29 bits per heavy atom. The van der Waals surface area contributed by atoms with Gasteiger partial charge in [0.15, 0.2) is 11.3 Å². The molecule has 0 unspecified atom stereocenters. The maximum Gasteiger partial charge on any atom is 0.433 e. The Kier molecular flexibility index (Phi) is 8.21. The molecule has 0 atom stereocenters. The van der Waals surface area contributed by atoms with E-state index in [2.05, 4.69) is 25.7 Å². The SMILES string of the molecule is CN=NN=C(N)c1ccc(C(=O)NCc2c(C(=O)OC)n(-c3ccccc3)c3nc(C(F)(F)F)ccc3c2=O)cc1. The molecule has 2 aromatic carbocycles. The fourth-order valence-corrected chi connectivity index (χ4v) is 3.98. The van der Waals surface area contributed by atoms with Crippen molar-refractivity contribution >= 4 is 28.7 Å². The number of amides is 1. The van der Waals surface area contributed by atoms with Gasteiger partial charge in [-0.25, -0.2) is 9.78 Å². The number of carbonyl (C=O) groups is 2. The molecule has 0 aliphatic heterocycles. The van der Waals surface area contributed by atoms with E-state index in [1.165, 1.54) is 43.4 Å². The Morgan fingerprint density at radius 2 is 1.68 bits per heavy atom. The summed E-state index contributed by atoms with van der Waals surface area (Å²) in [6.07, 6.45) is -4.81. The van der Waals surface area contributed by atoms with E-state index in [1.54, 1.807) is 18.2 Å². The van der Waals surface area contributed by atoms with Crippen molar-refractivity contribution in [3.63, 3.8) is 0 Å². The minimum absolute atomic E-state index is 0.0743. The van der Waals surface area contributed by atoms with Crippen molar-refractivity contribution in [2.75, 3.05) is 14.2 Å². The van der Waals surface area contributed by atoms with E-state index in [9.17, 15) is 27.6 Å². The number of methoxy groups -OCH3 is 1. The quantitative estimate of drug-likeness (QED) is 0.114. The number of benzene rings is 2. The fourth-order valence-electron chi connectivity index (χ4n) is 3.98. The van der Waals surface area contributed by atoms with Gasteiger partial charge in [-0.3, -0.25) is 14.2 Å². The summed E-state index contributed by atoms with van der Waals surface area (Å²) < 4.78 is 46.6. The molecule has 14 heteroatoms. The van der Waals surface area contributed by atoms with Crippen molar-refractivity contribution in [2.24, 2.45) is 21.2 Å². The summed E-state index contributed by atoms with van der Waals surface area (Å²) in [5.41, 5.74) is 3.69. The number of para-hydroxylation sites is 1. The first kappa shape index (κ1) is 28.6. The number of nitrogens with two attached hydrogens (primary N) is 1. The van der Waals surface area contributed by atoms with E-state index < -0.39 is 41.4 Å². The van der Waals surface area contributed by atoms with Gasteiger partial charge in [-0.1, -0.05) is 30.3 Å². The van der Waals surface area contributed by atoms with E-state index in [-0.39, 0.29) is 33.7 Å². The first-order valence-electron chi connectivity index (χ1n) is 11.9. The summed E-state index contributed by atoms with van der Waals surface area (Å²) in [5, 5.41) is 13.0. The molecule has 0 spiro atoms. The maximum atomic E-state index is 13.5. The number of carbonyl (C=O) groups excluding carboxylic acids is 2. The van der Waals surface area contributed by atoms with Crippen LogP contribution in [-0.2, 0) is 17.5 Å². The number of esters is 1. The third-order valence-electron chi connectivity index (χ3n) is 5.91. The highest BCUT2D eigenvalue weighted by Gasteiger charge is 2.34. The van der Waals surface area contributed by atoms with Crippen LogP contribution in [0.4, 0.5) is 13.2 Å². The number of alkyl halides is 3. The zero-order valence-electron chi connectivity index (χ0n) is 21.6. The van der Waals surface area contributed by atoms with Crippen molar-refractivity contribution < 1.29 is 27.5 Å². The van der Waals surface area contributed by atoms with E-state index in [4.69, 9.17) is 10.5 Å². The molecule has 1 amide bonds. The van der Waals surface area contributed by atoms with Gasteiger partial charge < -0.3 is 15.8 Å². The second-order valence-corrected chi connectivity index (χ2v) is 8.42. The summed E-state index contributed by atoms with van der Waals surface area (Å²) in [7, 11) is 2.49. The lowest BCUT2D eigenvalue weighted by molar-refractivity contribution is -0.141. The summed E-state index contributed by atoms with van der Waals surface area (Å²) in [5.74, 6) is -1.54. The monoisotopic (exact) mass is 565 g/mol. The number of amidine groups is 1. The molecule has 0 aliphatic rings. The van der Waals surface area contributed by atoms with Crippen LogP contribution in [0.3, 0.4) is 0 Å². The number of aromatic nitrogens is 2. The van der Waals surface area contributed by atoms with Gasteiger partial charge in [-0.2, -0.15) is 18.3 Å². The molecule has 0 saturated heterocycles. The smallest absolute Gasteiger partial charge is 0.433 e. The molecule has 210 valence electrons. The number of halogens is 3. The molecule has 3 N–H and O–H groups in total. The summed E-state index contributed by atoms with van der Waals surface area (Å²) in [6.45, 7) is -0.450. The third kappa shape index (κ3) is 5.95. The molecule has 4 rings (SSSR count). The zero-order valence-corrected chi connectivity index (χ0v) is 21.6. The normalized spacial score (nSPS) is 12.1. The average Bonchev–Trinajstić information content (AvgIpc) is 2.98. The van der Waals surface area contributed by atoms with Crippen molar-refractivity contribution in [3.8, 4) is 5.69 Å². The second-order valence-electron chi connectivity index (χ2n) is 8.42. The fraction of sp³-hybridized carbons (Fsp3) is 0.148. The van der Waals surface area contributed by atoms with Crippen LogP contribution in [0.1, 0.15) is 37.7 Å². The Morgan fingerprint density at radius 1 is 1.02 bits per heavy atom. The lowest BCUT2D eigenvalue weighted by atomic mass is 10.1. The molecular formula is C27H22F3N7O4. The number of nitrogens with one attached hydrogen (secondary N) is 1. The predicted molar refractivity (Wildman–Crippen MR) is 143 cm³/mol. The van der Waals surface area contributed by atoms with Crippen molar-refractivity contribution in [2.45, 2.75) is 12.7 Å². The van der Waals surface area contributed by atoms with Crippen LogP contribution in [0.25, 0.3) is 16.7 Å². The Bertz CT molecular complexity index is 1730. The van der Waals surface area contributed by atoms with Crippen LogP contribution in [0, 0.1) is 0 Å². The topological polar surface area (TPSA) is 153 Å². The molecule has 0 aliphatic carbocycles. The van der Waals surface area contributed by atoms with Crippen molar-refractivity contribution in [3.05, 3.63) is 105 Å². The minimum Gasteiger partial charge on any atom is -0.464 e. The van der Waals surface area contributed by atoms with Crippen LogP contribution >= 0.6 is 0 Å². The van der Waals surface area contributed by atoms with E-state index in [1.807, 2.05) is 0 Å². The Labute approximate surface area is 230 Å². The minimum atomic E-state index is -4.81. The maximum absolute atomic E-state index is 13.5. The largest absolute Gasteiger partial charge is 0.464 e. The van der Waals surface area contributed by atoms with E-state index in [0.717, 1.165) is 17.7 Å². The molecule has 2 heterocycles. The van der Waals surface area contributed by atoms with Gasteiger partial charge in [0.25, 0.3) is 5.91 Å². The highest BCUT2D eigenvalue weighted by Crippen LogP contribution is 2.30. The van der Waals surface area contributed by atoms with Gasteiger partial charge in [0.2, 0.25) is 0 Å². The van der Waals surface area contributed by atoms with Crippen LogP contribution in [0.5, 0.6) is 0 Å². The number of nitrogens with zero attached hydrogens (tertiary/aromatic N) is 5. The molecular weight excluding hydrogens is 543 g/mol. The molecule has 2 aromatic heterocycles. The zero-order chi connectivity index (χ0) is 29.7. The number of rotatable bonds is 7. The summed E-state index contributed by atoms with van der Waals surface area (Å²) >= 11 is 0. The van der Waals surface area contributed by atoms with Gasteiger partial charge in [-0.05, 0) is 41.6 Å². The van der Waals surface area contributed by atoms with Crippen molar-refractivity contribution in [1.29, 1.82) is 0 Å². The van der Waals surface area contributed by atoms with Gasteiger partial charge >= 0.3 is 12.1 Å². The van der Waals surface area contributed by atoms with Gasteiger partial charge in [0, 0.05) is 23.4 Å². The standard InChI is InChI=1S/C27H22F3N7O4/c1-32-36-35-23(31)15-8-10-16(11-9-15)25(39)33-14-19-21(26(40)41-2)37(17-6-4-3-5-7-17)24-18(22(19)38)12-13-20(34-24)27(28,29)30/h3-13H,14H2,1-2H3,(H,33,39)(H2,31,32,35). The van der Waals surface area contributed by atoms with Gasteiger partial charge in [0.05, 0.1) is 25.1 Å². The van der Waals surface area contributed by atoms with E-state index in [0.29, 0.717) is 11.6 Å². The van der Waals surface area contributed by atoms with E-state index >= 15 is 0 Å². The predicted octanol–water partition coefficient (Wildman–Crippen LogP) is 3.82.